The number of hydrogen-bond donors (Lipinski definition) is 2. The van der Waals surface area contributed by atoms with E-state index in [1.54, 1.807) is 0 Å². The molecule has 0 spiro atoms. The number of nitrogens with one attached hydrogen (secondary N) is 2. The first kappa shape index (κ1) is 15.6. The van der Waals surface area contributed by atoms with E-state index in [1.165, 1.54) is 24.0 Å². The maximum absolute atomic E-state index is 12.7. The van der Waals surface area contributed by atoms with Crippen molar-refractivity contribution in [2.45, 2.75) is 63.2 Å². The Hall–Kier alpha value is -1.88. The molecule has 5 nitrogen and oxygen atoms in total. The quantitative estimate of drug-likeness (QED) is 0.862. The maximum atomic E-state index is 12.7. The van der Waals surface area contributed by atoms with Gasteiger partial charge in [0.2, 0.25) is 11.8 Å². The van der Waals surface area contributed by atoms with Gasteiger partial charge in [0.05, 0.1) is 12.5 Å². The predicted octanol–water partition coefficient (Wildman–Crippen LogP) is 1.36. The first-order chi connectivity index (χ1) is 11.7. The van der Waals surface area contributed by atoms with Crippen molar-refractivity contribution in [3.05, 3.63) is 35.4 Å². The Morgan fingerprint density at radius 3 is 2.71 bits per heavy atom. The first-order valence-electron chi connectivity index (χ1n) is 9.12. The molecule has 1 aromatic rings. The average Bonchev–Trinajstić information content (AvgIpc) is 2.62. The fraction of sp³-hybridized carbons (Fsp3) is 0.579. The molecule has 2 aliphatic heterocycles. The van der Waals surface area contributed by atoms with E-state index in [9.17, 15) is 9.59 Å². The van der Waals surface area contributed by atoms with Crippen LogP contribution in [-0.2, 0) is 22.6 Å². The molecular formula is C19H25N3O2. The Labute approximate surface area is 142 Å². The summed E-state index contributed by atoms with van der Waals surface area (Å²) in [6, 6.07) is 8.49. The van der Waals surface area contributed by atoms with Gasteiger partial charge in [-0.05, 0) is 30.4 Å². The van der Waals surface area contributed by atoms with Gasteiger partial charge in [-0.25, -0.2) is 0 Å². The summed E-state index contributed by atoms with van der Waals surface area (Å²) >= 11 is 0. The second-order valence-electron chi connectivity index (χ2n) is 7.26. The third-order valence-electron chi connectivity index (χ3n) is 5.69. The summed E-state index contributed by atoms with van der Waals surface area (Å²) in [5, 5.41) is 6.55. The molecule has 1 saturated carbocycles. The Morgan fingerprint density at radius 1 is 1.12 bits per heavy atom. The van der Waals surface area contributed by atoms with Gasteiger partial charge in [-0.2, -0.15) is 0 Å². The number of piperazine rings is 1. The highest BCUT2D eigenvalue weighted by Gasteiger charge is 2.37. The lowest BCUT2D eigenvalue weighted by molar-refractivity contribution is -0.137. The Bertz CT molecular complexity index is 645. The molecule has 5 heteroatoms. The lowest BCUT2D eigenvalue weighted by Crippen LogP contribution is -2.65. The fourth-order valence-corrected chi connectivity index (χ4v) is 4.28. The first-order valence-corrected chi connectivity index (χ1v) is 9.12. The largest absolute Gasteiger partial charge is 0.350 e. The van der Waals surface area contributed by atoms with Crippen LogP contribution < -0.4 is 10.6 Å². The van der Waals surface area contributed by atoms with Gasteiger partial charge < -0.3 is 15.5 Å². The van der Waals surface area contributed by atoms with E-state index in [-0.39, 0.29) is 30.3 Å². The van der Waals surface area contributed by atoms with E-state index in [4.69, 9.17) is 0 Å². The SMILES string of the molecule is O=C1NC2CCCCC2NC1CC(=O)N1CCc2ccccc2C1. The molecule has 4 rings (SSSR count). The molecule has 3 unspecified atom stereocenters. The second-order valence-corrected chi connectivity index (χ2v) is 7.26. The highest BCUT2D eigenvalue weighted by atomic mass is 16.2. The minimum Gasteiger partial charge on any atom is -0.350 e. The molecule has 0 aromatic heterocycles. The van der Waals surface area contributed by atoms with E-state index in [0.717, 1.165) is 25.8 Å². The summed E-state index contributed by atoms with van der Waals surface area (Å²) in [6.45, 7) is 1.41. The van der Waals surface area contributed by atoms with Crippen molar-refractivity contribution in [2.24, 2.45) is 0 Å². The minimum absolute atomic E-state index is 0.0103. The van der Waals surface area contributed by atoms with Crippen molar-refractivity contribution in [1.82, 2.24) is 15.5 Å². The molecule has 1 aromatic carbocycles. The molecule has 2 amide bonds. The van der Waals surface area contributed by atoms with Gasteiger partial charge >= 0.3 is 0 Å². The molecule has 1 saturated heterocycles. The minimum atomic E-state index is -0.381. The van der Waals surface area contributed by atoms with Gasteiger partial charge in [-0.15, -0.1) is 0 Å². The highest BCUT2D eigenvalue weighted by Crippen LogP contribution is 2.23. The summed E-state index contributed by atoms with van der Waals surface area (Å²) in [5.41, 5.74) is 2.56. The van der Waals surface area contributed by atoms with Crippen LogP contribution in [0.5, 0.6) is 0 Å². The zero-order chi connectivity index (χ0) is 16.5. The maximum Gasteiger partial charge on any atom is 0.237 e. The number of nitrogens with zero attached hydrogens (tertiary/aromatic N) is 1. The molecule has 128 valence electrons. The lowest BCUT2D eigenvalue weighted by Gasteiger charge is -2.41. The van der Waals surface area contributed by atoms with Crippen molar-refractivity contribution >= 4 is 11.8 Å². The number of benzene rings is 1. The molecule has 2 heterocycles. The molecule has 1 aliphatic carbocycles. The topological polar surface area (TPSA) is 61.4 Å². The van der Waals surface area contributed by atoms with Gasteiger partial charge in [0.25, 0.3) is 0 Å². The number of rotatable bonds is 2. The molecule has 3 aliphatic rings. The summed E-state index contributed by atoms with van der Waals surface area (Å²) in [6.07, 6.45) is 5.68. The Kier molecular flexibility index (Phi) is 4.27. The van der Waals surface area contributed by atoms with Gasteiger partial charge in [0, 0.05) is 25.2 Å². The Balaban J connectivity index is 1.38. The number of fused-ring (bicyclic) bond motifs is 2. The van der Waals surface area contributed by atoms with Crippen LogP contribution in [0.15, 0.2) is 24.3 Å². The van der Waals surface area contributed by atoms with Gasteiger partial charge in [-0.1, -0.05) is 37.1 Å². The molecule has 2 fully saturated rings. The average molecular weight is 327 g/mol. The van der Waals surface area contributed by atoms with E-state index < -0.39 is 0 Å². The van der Waals surface area contributed by atoms with Gasteiger partial charge in [0.1, 0.15) is 0 Å². The summed E-state index contributed by atoms with van der Waals surface area (Å²) in [5.74, 6) is 0.0651. The van der Waals surface area contributed by atoms with Crippen molar-refractivity contribution in [3.8, 4) is 0 Å². The predicted molar refractivity (Wildman–Crippen MR) is 91.3 cm³/mol. The number of carbonyl (C=O) groups is 2. The van der Waals surface area contributed by atoms with E-state index in [1.807, 2.05) is 17.0 Å². The van der Waals surface area contributed by atoms with Gasteiger partial charge in [-0.3, -0.25) is 9.59 Å². The number of amides is 2. The summed E-state index contributed by atoms with van der Waals surface area (Å²) in [4.78, 5) is 26.9. The van der Waals surface area contributed by atoms with Crippen molar-refractivity contribution in [3.63, 3.8) is 0 Å². The summed E-state index contributed by atoms with van der Waals surface area (Å²) in [7, 11) is 0. The van der Waals surface area contributed by atoms with Crippen molar-refractivity contribution in [1.29, 1.82) is 0 Å². The van der Waals surface area contributed by atoms with Crippen LogP contribution in [0.25, 0.3) is 0 Å². The van der Waals surface area contributed by atoms with Crippen molar-refractivity contribution < 1.29 is 9.59 Å². The monoisotopic (exact) mass is 327 g/mol. The number of hydrogen-bond acceptors (Lipinski definition) is 3. The molecule has 0 bridgehead atoms. The van der Waals surface area contributed by atoms with Crippen LogP contribution >= 0.6 is 0 Å². The third kappa shape index (κ3) is 3.05. The van der Waals surface area contributed by atoms with Crippen LogP contribution in [0.4, 0.5) is 0 Å². The van der Waals surface area contributed by atoms with E-state index in [2.05, 4.69) is 22.8 Å². The molecule has 3 atom stereocenters. The van der Waals surface area contributed by atoms with Gasteiger partial charge in [0.15, 0.2) is 0 Å². The fourth-order valence-electron chi connectivity index (χ4n) is 4.28. The summed E-state index contributed by atoms with van der Waals surface area (Å²) < 4.78 is 0. The lowest BCUT2D eigenvalue weighted by atomic mass is 9.87. The third-order valence-corrected chi connectivity index (χ3v) is 5.69. The highest BCUT2D eigenvalue weighted by molar-refractivity contribution is 5.89. The molecule has 0 radical (unpaired) electrons. The van der Waals surface area contributed by atoms with E-state index in [0.29, 0.717) is 12.6 Å². The normalized spacial score (nSPS) is 29.4. The van der Waals surface area contributed by atoms with Crippen LogP contribution in [-0.4, -0.2) is 41.4 Å². The van der Waals surface area contributed by atoms with Crippen LogP contribution in [0.2, 0.25) is 0 Å². The van der Waals surface area contributed by atoms with E-state index >= 15 is 0 Å². The zero-order valence-electron chi connectivity index (χ0n) is 14.0. The zero-order valence-corrected chi connectivity index (χ0v) is 14.0. The van der Waals surface area contributed by atoms with Crippen LogP contribution in [0, 0.1) is 0 Å². The molecule has 2 N–H and O–H groups in total. The van der Waals surface area contributed by atoms with Crippen LogP contribution in [0.3, 0.4) is 0 Å². The molecule has 24 heavy (non-hydrogen) atoms. The van der Waals surface area contributed by atoms with Crippen LogP contribution in [0.1, 0.15) is 43.2 Å². The molecular weight excluding hydrogens is 302 g/mol. The number of carbonyl (C=O) groups excluding carboxylic acids is 2. The standard InChI is InChI=1S/C19H25N3O2/c23-18(22-10-9-13-5-1-2-6-14(13)12-22)11-17-19(24)21-16-8-4-3-7-15(16)20-17/h1-2,5-6,15-17,20H,3-4,7-12H2,(H,21,24). The second kappa shape index (κ2) is 6.55. The smallest absolute Gasteiger partial charge is 0.237 e. The van der Waals surface area contributed by atoms with Crippen molar-refractivity contribution in [2.75, 3.05) is 6.54 Å². The Morgan fingerprint density at radius 2 is 1.88 bits per heavy atom.